The van der Waals surface area contributed by atoms with Gasteiger partial charge in [0.25, 0.3) is 0 Å². The Labute approximate surface area is 231 Å². The smallest absolute Gasteiger partial charge is 0.161 e. The van der Waals surface area contributed by atoms with Crippen LogP contribution in [0.2, 0.25) is 0 Å². The quantitative estimate of drug-likeness (QED) is 0.211. The van der Waals surface area contributed by atoms with E-state index in [9.17, 15) is 0 Å². The van der Waals surface area contributed by atoms with E-state index in [0.29, 0.717) is 36.5 Å². The van der Waals surface area contributed by atoms with E-state index >= 15 is 0 Å². The van der Waals surface area contributed by atoms with Crippen molar-refractivity contribution in [2.75, 3.05) is 14.2 Å². The number of benzene rings is 4. The molecule has 5 nitrogen and oxygen atoms in total. The number of hydrogen-bond acceptors (Lipinski definition) is 5. The Hall–Kier alpha value is -3.96. The minimum atomic E-state index is -0.0675. The Morgan fingerprint density at radius 1 is 0.538 bits per heavy atom. The Morgan fingerprint density at radius 2 is 0.949 bits per heavy atom. The van der Waals surface area contributed by atoms with Gasteiger partial charge in [0.15, 0.2) is 23.0 Å². The van der Waals surface area contributed by atoms with Crippen molar-refractivity contribution in [2.45, 2.75) is 39.3 Å². The molecule has 202 valence electrons. The second-order valence-electron chi connectivity index (χ2n) is 10.1. The largest absolute Gasteiger partial charge is 0.493 e. The van der Waals surface area contributed by atoms with Crippen LogP contribution >= 0.6 is 0 Å². The summed E-state index contributed by atoms with van der Waals surface area (Å²) in [6.45, 7) is 5.46. The first-order valence-electron chi connectivity index (χ1n) is 13.4. The highest BCUT2D eigenvalue weighted by atomic mass is 16.5. The average molecular weight is 525 g/mol. The Bertz CT molecular complexity index is 1250. The Balaban J connectivity index is 1.30. The highest BCUT2D eigenvalue weighted by Crippen LogP contribution is 2.50. The van der Waals surface area contributed by atoms with E-state index in [1.807, 2.05) is 84.9 Å². The van der Waals surface area contributed by atoms with Crippen molar-refractivity contribution in [3.8, 4) is 23.0 Å². The maximum absolute atomic E-state index is 6.70. The summed E-state index contributed by atoms with van der Waals surface area (Å²) in [5, 5.41) is 0. The van der Waals surface area contributed by atoms with Crippen LogP contribution in [0.3, 0.4) is 0 Å². The topological polar surface area (TPSA) is 46.2 Å². The van der Waals surface area contributed by atoms with E-state index in [2.05, 4.69) is 26.0 Å². The lowest BCUT2D eigenvalue weighted by Crippen LogP contribution is -2.10. The van der Waals surface area contributed by atoms with Gasteiger partial charge in [0.1, 0.15) is 13.2 Å². The van der Waals surface area contributed by atoms with Gasteiger partial charge in [-0.15, -0.1) is 0 Å². The third kappa shape index (κ3) is 6.04. The van der Waals surface area contributed by atoms with Crippen LogP contribution in [0.25, 0.3) is 0 Å². The van der Waals surface area contributed by atoms with Crippen molar-refractivity contribution in [1.82, 2.24) is 0 Å². The minimum Gasteiger partial charge on any atom is -0.493 e. The van der Waals surface area contributed by atoms with Crippen LogP contribution in [0.5, 0.6) is 23.0 Å². The maximum Gasteiger partial charge on any atom is 0.161 e. The summed E-state index contributed by atoms with van der Waals surface area (Å²) in [7, 11) is 3.35. The molecule has 0 radical (unpaired) electrons. The molecule has 0 unspecified atom stereocenters. The molecule has 39 heavy (non-hydrogen) atoms. The summed E-state index contributed by atoms with van der Waals surface area (Å²) in [4.78, 5) is 0. The van der Waals surface area contributed by atoms with Crippen molar-refractivity contribution in [1.29, 1.82) is 0 Å². The molecule has 1 fully saturated rings. The molecule has 0 spiro atoms. The molecule has 1 aliphatic rings. The van der Waals surface area contributed by atoms with E-state index in [0.717, 1.165) is 33.8 Å². The fourth-order valence-electron chi connectivity index (χ4n) is 5.15. The van der Waals surface area contributed by atoms with Crippen LogP contribution < -0.4 is 18.9 Å². The highest BCUT2D eigenvalue weighted by molar-refractivity contribution is 5.46. The van der Waals surface area contributed by atoms with Crippen LogP contribution in [-0.2, 0) is 18.0 Å². The number of methoxy groups -OCH3 is 2. The fourth-order valence-corrected chi connectivity index (χ4v) is 5.15. The summed E-state index contributed by atoms with van der Waals surface area (Å²) in [6, 6.07) is 32.4. The van der Waals surface area contributed by atoms with Gasteiger partial charge >= 0.3 is 0 Å². The molecule has 4 aromatic rings. The summed E-state index contributed by atoms with van der Waals surface area (Å²) in [5.74, 6) is 3.45. The van der Waals surface area contributed by atoms with Crippen molar-refractivity contribution in [3.05, 3.63) is 119 Å². The van der Waals surface area contributed by atoms with Crippen molar-refractivity contribution in [2.24, 2.45) is 11.8 Å². The van der Waals surface area contributed by atoms with E-state index in [4.69, 9.17) is 23.7 Å². The lowest BCUT2D eigenvalue weighted by Gasteiger charge is -2.19. The van der Waals surface area contributed by atoms with Gasteiger partial charge < -0.3 is 23.7 Å². The van der Waals surface area contributed by atoms with Gasteiger partial charge in [-0.1, -0.05) is 86.6 Å². The lowest BCUT2D eigenvalue weighted by molar-refractivity contribution is 0.0287. The molecule has 4 aromatic carbocycles. The molecule has 0 aliphatic carbocycles. The van der Waals surface area contributed by atoms with E-state index < -0.39 is 0 Å². The standard InChI is InChI=1S/C34H36O5/c1-23-24(2)34(28-16-18-30(32(20-28)36-4)38-22-26-13-9-6-10-14-26)39-33(23)27-15-17-29(31(19-27)35-3)37-21-25-11-7-5-8-12-25/h5-20,23-24,33-34H,21-22H2,1-4H3/t23-,24+,33-,34-/m0/s1. The zero-order valence-electron chi connectivity index (χ0n) is 23.0. The van der Waals surface area contributed by atoms with Crippen LogP contribution in [0, 0.1) is 11.8 Å². The predicted octanol–water partition coefficient (Wildman–Crippen LogP) is 7.95. The van der Waals surface area contributed by atoms with Gasteiger partial charge in [0.2, 0.25) is 0 Å². The third-order valence-corrected chi connectivity index (χ3v) is 7.58. The zero-order valence-corrected chi connectivity index (χ0v) is 23.0. The lowest BCUT2D eigenvalue weighted by atomic mass is 9.85. The molecule has 0 aromatic heterocycles. The summed E-state index contributed by atoms with van der Waals surface area (Å²) < 4.78 is 30.2. The first-order chi connectivity index (χ1) is 19.1. The molecule has 0 saturated carbocycles. The summed E-state index contributed by atoms with van der Waals surface area (Å²) in [5.41, 5.74) is 4.38. The Kier molecular flexibility index (Phi) is 8.38. The maximum atomic E-state index is 6.70. The van der Waals surface area contributed by atoms with Crippen LogP contribution in [0.4, 0.5) is 0 Å². The highest BCUT2D eigenvalue weighted by Gasteiger charge is 2.41. The molecular weight excluding hydrogens is 488 g/mol. The first-order valence-corrected chi connectivity index (χ1v) is 13.4. The Morgan fingerprint density at radius 3 is 1.33 bits per heavy atom. The first kappa shape index (κ1) is 26.6. The average Bonchev–Trinajstić information content (AvgIpc) is 3.29. The second kappa shape index (κ2) is 12.3. The molecule has 4 atom stereocenters. The molecule has 5 rings (SSSR count). The van der Waals surface area contributed by atoms with Crippen LogP contribution in [-0.4, -0.2) is 14.2 Å². The predicted molar refractivity (Wildman–Crippen MR) is 152 cm³/mol. The molecule has 0 amide bonds. The van der Waals surface area contributed by atoms with E-state index in [1.165, 1.54) is 0 Å². The SMILES string of the molecule is COc1cc([C@H]2O[C@H](c3ccc(OCc4ccccc4)c(OC)c3)[C@@H](C)[C@H]2C)ccc1OCc1ccccc1. The van der Waals surface area contributed by atoms with Gasteiger partial charge in [0.05, 0.1) is 26.4 Å². The molecule has 1 saturated heterocycles. The van der Waals surface area contributed by atoms with Gasteiger partial charge in [0, 0.05) is 0 Å². The monoisotopic (exact) mass is 524 g/mol. The van der Waals surface area contributed by atoms with Crippen molar-refractivity contribution < 1.29 is 23.7 Å². The normalized spacial score (nSPS) is 20.4. The van der Waals surface area contributed by atoms with Gasteiger partial charge in [-0.25, -0.2) is 0 Å². The van der Waals surface area contributed by atoms with E-state index in [1.54, 1.807) is 14.2 Å². The third-order valence-electron chi connectivity index (χ3n) is 7.58. The second-order valence-corrected chi connectivity index (χ2v) is 10.1. The van der Waals surface area contributed by atoms with Crippen molar-refractivity contribution in [3.63, 3.8) is 0 Å². The molecule has 5 heteroatoms. The molecule has 1 aliphatic heterocycles. The van der Waals surface area contributed by atoms with Crippen molar-refractivity contribution >= 4 is 0 Å². The number of rotatable bonds is 10. The molecule has 1 heterocycles. The van der Waals surface area contributed by atoms with Gasteiger partial charge in [-0.05, 0) is 58.4 Å². The zero-order chi connectivity index (χ0) is 27.2. The summed E-state index contributed by atoms with van der Waals surface area (Å²) >= 11 is 0. The molecule has 0 bridgehead atoms. The number of hydrogen-bond donors (Lipinski definition) is 0. The fraction of sp³-hybridized carbons (Fsp3) is 0.294. The van der Waals surface area contributed by atoms with Crippen LogP contribution in [0.1, 0.15) is 48.3 Å². The van der Waals surface area contributed by atoms with Crippen LogP contribution in [0.15, 0.2) is 97.1 Å². The van der Waals surface area contributed by atoms with E-state index in [-0.39, 0.29) is 12.2 Å². The number of ether oxygens (including phenoxy) is 5. The van der Waals surface area contributed by atoms with Gasteiger partial charge in [-0.2, -0.15) is 0 Å². The summed E-state index contributed by atoms with van der Waals surface area (Å²) in [6.07, 6.45) is -0.135. The van der Waals surface area contributed by atoms with Gasteiger partial charge in [-0.3, -0.25) is 0 Å². The molecular formula is C34H36O5. The molecule has 0 N–H and O–H groups in total. The minimum absolute atomic E-state index is 0.0675.